The highest BCUT2D eigenvalue weighted by atomic mass is 19.1. The Bertz CT molecular complexity index is 946. The van der Waals surface area contributed by atoms with Gasteiger partial charge in [0.25, 0.3) is 0 Å². The Morgan fingerprint density at radius 1 is 1.00 bits per heavy atom. The SMILES string of the molecule is Cc1ccc(CN(Cc2ccc(F)cc2)C(=O)CN(CCN2CCOCC2)C(=O)C(C)(C)C)o1. The van der Waals surface area contributed by atoms with Crippen molar-refractivity contribution in [3.8, 4) is 0 Å². The van der Waals surface area contributed by atoms with Crippen LogP contribution >= 0.6 is 0 Å². The molecule has 0 unspecified atom stereocenters. The van der Waals surface area contributed by atoms with Gasteiger partial charge in [-0.25, -0.2) is 4.39 Å². The Hall–Kier alpha value is -2.71. The fourth-order valence-electron chi connectivity index (χ4n) is 3.88. The average Bonchev–Trinajstić information content (AvgIpc) is 3.21. The average molecular weight is 474 g/mol. The van der Waals surface area contributed by atoms with Crippen molar-refractivity contribution in [3.63, 3.8) is 0 Å². The highest BCUT2D eigenvalue weighted by Gasteiger charge is 2.30. The number of rotatable bonds is 9. The number of carbonyl (C=O) groups is 2. The van der Waals surface area contributed by atoms with Crippen LogP contribution in [-0.2, 0) is 27.4 Å². The fraction of sp³-hybridized carbons (Fsp3) is 0.538. The minimum Gasteiger partial charge on any atom is -0.464 e. The van der Waals surface area contributed by atoms with Crippen LogP contribution in [0.25, 0.3) is 0 Å². The highest BCUT2D eigenvalue weighted by Crippen LogP contribution is 2.19. The number of halogens is 1. The number of hydrogen-bond acceptors (Lipinski definition) is 5. The Balaban J connectivity index is 1.75. The molecule has 1 aliphatic rings. The van der Waals surface area contributed by atoms with Gasteiger partial charge in [0.2, 0.25) is 11.8 Å². The van der Waals surface area contributed by atoms with Crippen LogP contribution < -0.4 is 0 Å². The van der Waals surface area contributed by atoms with Crippen LogP contribution in [-0.4, -0.2) is 72.5 Å². The van der Waals surface area contributed by atoms with Gasteiger partial charge >= 0.3 is 0 Å². The third-order valence-corrected chi connectivity index (χ3v) is 5.83. The zero-order valence-electron chi connectivity index (χ0n) is 20.7. The van der Waals surface area contributed by atoms with E-state index in [0.717, 1.165) is 24.4 Å². The van der Waals surface area contributed by atoms with Gasteiger partial charge in [0.15, 0.2) is 0 Å². The van der Waals surface area contributed by atoms with E-state index in [0.29, 0.717) is 38.6 Å². The number of aryl methyl sites for hydroxylation is 1. The lowest BCUT2D eigenvalue weighted by Crippen LogP contribution is -2.49. The molecule has 0 spiro atoms. The van der Waals surface area contributed by atoms with E-state index in [9.17, 15) is 14.0 Å². The fourth-order valence-corrected chi connectivity index (χ4v) is 3.88. The summed E-state index contributed by atoms with van der Waals surface area (Å²) in [4.78, 5) is 32.3. The van der Waals surface area contributed by atoms with E-state index < -0.39 is 5.41 Å². The summed E-state index contributed by atoms with van der Waals surface area (Å²) in [6, 6.07) is 9.79. The van der Waals surface area contributed by atoms with E-state index in [1.807, 2.05) is 39.8 Å². The molecule has 2 aromatic rings. The topological polar surface area (TPSA) is 66.2 Å². The maximum absolute atomic E-state index is 13.5. The molecule has 0 saturated carbocycles. The molecule has 186 valence electrons. The number of ether oxygens (including phenoxy) is 1. The Morgan fingerprint density at radius 2 is 1.68 bits per heavy atom. The zero-order valence-corrected chi connectivity index (χ0v) is 20.7. The van der Waals surface area contributed by atoms with Crippen molar-refractivity contribution < 1.29 is 23.1 Å². The summed E-state index contributed by atoms with van der Waals surface area (Å²) in [7, 11) is 0. The normalized spacial score (nSPS) is 14.7. The summed E-state index contributed by atoms with van der Waals surface area (Å²) in [6.45, 7) is 12.1. The van der Waals surface area contributed by atoms with Gasteiger partial charge in [-0.1, -0.05) is 32.9 Å². The minimum atomic E-state index is -0.606. The molecule has 3 rings (SSSR count). The van der Waals surface area contributed by atoms with Gasteiger partial charge in [0.1, 0.15) is 17.3 Å². The molecule has 0 aliphatic carbocycles. The van der Waals surface area contributed by atoms with Crippen LogP contribution in [0.15, 0.2) is 40.8 Å². The van der Waals surface area contributed by atoms with Crippen LogP contribution in [0, 0.1) is 18.2 Å². The van der Waals surface area contributed by atoms with Crippen LogP contribution in [0.5, 0.6) is 0 Å². The molecule has 2 amide bonds. The molecule has 1 fully saturated rings. The molecule has 1 aromatic carbocycles. The third-order valence-electron chi connectivity index (χ3n) is 5.83. The summed E-state index contributed by atoms with van der Waals surface area (Å²) < 4.78 is 24.5. The number of hydrogen-bond donors (Lipinski definition) is 0. The molecule has 1 aliphatic heterocycles. The van der Waals surface area contributed by atoms with Gasteiger partial charge in [-0.15, -0.1) is 0 Å². The summed E-state index contributed by atoms with van der Waals surface area (Å²) in [5.41, 5.74) is 0.200. The number of nitrogens with zero attached hydrogens (tertiary/aromatic N) is 3. The maximum atomic E-state index is 13.5. The molecule has 0 N–H and O–H groups in total. The van der Waals surface area contributed by atoms with Crippen molar-refractivity contribution in [2.45, 2.75) is 40.8 Å². The van der Waals surface area contributed by atoms with Crippen LogP contribution in [0.4, 0.5) is 4.39 Å². The number of furan rings is 1. The van der Waals surface area contributed by atoms with Crippen molar-refractivity contribution >= 4 is 11.8 Å². The largest absolute Gasteiger partial charge is 0.464 e. The predicted octanol–water partition coefficient (Wildman–Crippen LogP) is 3.46. The third kappa shape index (κ3) is 7.67. The van der Waals surface area contributed by atoms with Crippen molar-refractivity contribution in [1.82, 2.24) is 14.7 Å². The molecule has 0 atom stereocenters. The first-order chi connectivity index (χ1) is 16.1. The van der Waals surface area contributed by atoms with Gasteiger partial charge < -0.3 is 19.0 Å². The number of morpholine rings is 1. The molecule has 1 aromatic heterocycles. The lowest BCUT2D eigenvalue weighted by molar-refractivity contribution is -0.146. The summed E-state index contributed by atoms with van der Waals surface area (Å²) in [6.07, 6.45) is 0. The summed E-state index contributed by atoms with van der Waals surface area (Å²) in [5.74, 6) is 0.852. The van der Waals surface area contributed by atoms with E-state index >= 15 is 0 Å². The van der Waals surface area contributed by atoms with E-state index in [4.69, 9.17) is 9.15 Å². The van der Waals surface area contributed by atoms with Crippen molar-refractivity contribution in [1.29, 1.82) is 0 Å². The second-order valence-electron chi connectivity index (χ2n) is 9.82. The maximum Gasteiger partial charge on any atom is 0.242 e. The Kier molecular flexibility index (Phi) is 8.85. The van der Waals surface area contributed by atoms with Crippen molar-refractivity contribution in [2.24, 2.45) is 5.41 Å². The molecule has 0 radical (unpaired) electrons. The van der Waals surface area contributed by atoms with E-state index in [2.05, 4.69) is 4.90 Å². The van der Waals surface area contributed by atoms with E-state index in [-0.39, 0.29) is 30.7 Å². The highest BCUT2D eigenvalue weighted by molar-refractivity contribution is 5.87. The van der Waals surface area contributed by atoms with E-state index in [1.54, 1.807) is 21.9 Å². The molecule has 2 heterocycles. The summed E-state index contributed by atoms with van der Waals surface area (Å²) in [5, 5.41) is 0. The molecular formula is C26H36FN3O4. The van der Waals surface area contributed by atoms with Gasteiger partial charge in [0.05, 0.1) is 26.3 Å². The van der Waals surface area contributed by atoms with Crippen LogP contribution in [0.3, 0.4) is 0 Å². The van der Waals surface area contributed by atoms with Crippen molar-refractivity contribution in [2.75, 3.05) is 45.9 Å². The number of benzene rings is 1. The zero-order chi connectivity index (χ0) is 24.7. The molecule has 1 saturated heterocycles. The van der Waals surface area contributed by atoms with Crippen molar-refractivity contribution in [3.05, 3.63) is 59.3 Å². The standard InChI is InChI=1S/C26H36FN3O4/c1-20-5-10-23(34-20)18-30(17-21-6-8-22(27)9-7-21)24(31)19-29(25(32)26(2,3)4)12-11-28-13-15-33-16-14-28/h5-10H,11-19H2,1-4H3. The molecule has 7 nitrogen and oxygen atoms in total. The van der Waals surface area contributed by atoms with Gasteiger partial charge in [-0.3, -0.25) is 14.5 Å². The second kappa shape index (κ2) is 11.6. The number of carbonyl (C=O) groups excluding carboxylic acids is 2. The minimum absolute atomic E-state index is 0.0265. The lowest BCUT2D eigenvalue weighted by Gasteiger charge is -2.34. The Morgan fingerprint density at radius 3 is 2.26 bits per heavy atom. The molecule has 0 bridgehead atoms. The first kappa shape index (κ1) is 25.9. The van der Waals surface area contributed by atoms with Gasteiger partial charge in [-0.05, 0) is 36.8 Å². The summed E-state index contributed by atoms with van der Waals surface area (Å²) >= 11 is 0. The second-order valence-corrected chi connectivity index (χ2v) is 9.82. The predicted molar refractivity (Wildman–Crippen MR) is 127 cm³/mol. The molecule has 34 heavy (non-hydrogen) atoms. The first-order valence-electron chi connectivity index (χ1n) is 11.8. The number of amides is 2. The van der Waals surface area contributed by atoms with Crippen LogP contribution in [0.1, 0.15) is 37.9 Å². The van der Waals surface area contributed by atoms with Crippen LogP contribution in [0.2, 0.25) is 0 Å². The first-order valence-corrected chi connectivity index (χ1v) is 11.8. The van der Waals surface area contributed by atoms with E-state index in [1.165, 1.54) is 12.1 Å². The van der Waals surface area contributed by atoms with Gasteiger partial charge in [-0.2, -0.15) is 0 Å². The molecular weight excluding hydrogens is 437 g/mol. The molecule has 8 heteroatoms. The smallest absolute Gasteiger partial charge is 0.242 e. The monoisotopic (exact) mass is 473 g/mol. The quantitative estimate of drug-likeness (QED) is 0.558. The lowest BCUT2D eigenvalue weighted by atomic mass is 9.94. The Labute approximate surface area is 201 Å². The van der Waals surface area contributed by atoms with Gasteiger partial charge in [0, 0.05) is 38.1 Å².